The van der Waals surface area contributed by atoms with E-state index in [9.17, 15) is 4.79 Å². The normalized spacial score (nSPS) is 11.9. The Morgan fingerprint density at radius 2 is 1.62 bits per heavy atom. The summed E-state index contributed by atoms with van der Waals surface area (Å²) >= 11 is 0. The van der Waals surface area contributed by atoms with Gasteiger partial charge in [-0.3, -0.25) is 4.79 Å². The second-order valence-corrected chi connectivity index (χ2v) is 4.99. The standard InChI is InChI=1S/C18H22N2O/c1-2-19-18(21)14-20-17(16-11-7-4-8-12-16)13-15-9-5-3-6-10-15/h3-12,17,20H,2,13-14H2,1H3,(H,19,21). The Bertz CT molecular complexity index is 540. The Kier molecular flexibility index (Phi) is 5.98. The van der Waals surface area contributed by atoms with E-state index in [1.807, 2.05) is 43.3 Å². The molecule has 2 rings (SSSR count). The lowest BCUT2D eigenvalue weighted by Crippen LogP contribution is -2.36. The summed E-state index contributed by atoms with van der Waals surface area (Å²) in [5.41, 5.74) is 2.46. The van der Waals surface area contributed by atoms with E-state index >= 15 is 0 Å². The lowest BCUT2D eigenvalue weighted by atomic mass is 9.99. The van der Waals surface area contributed by atoms with E-state index < -0.39 is 0 Å². The third-order valence-corrected chi connectivity index (χ3v) is 3.37. The highest BCUT2D eigenvalue weighted by Crippen LogP contribution is 2.18. The van der Waals surface area contributed by atoms with Gasteiger partial charge >= 0.3 is 0 Å². The molecule has 0 spiro atoms. The first kappa shape index (κ1) is 15.3. The Morgan fingerprint density at radius 1 is 1.00 bits per heavy atom. The molecule has 2 aromatic carbocycles. The third-order valence-electron chi connectivity index (χ3n) is 3.37. The summed E-state index contributed by atoms with van der Waals surface area (Å²) in [6.45, 7) is 2.92. The number of benzene rings is 2. The van der Waals surface area contributed by atoms with Crippen LogP contribution in [0.1, 0.15) is 24.1 Å². The lowest BCUT2D eigenvalue weighted by Gasteiger charge is -2.19. The van der Waals surface area contributed by atoms with Crippen LogP contribution in [0.4, 0.5) is 0 Å². The SMILES string of the molecule is CCNC(=O)CNC(Cc1ccccc1)c1ccccc1. The molecule has 1 unspecified atom stereocenters. The molecule has 0 heterocycles. The van der Waals surface area contributed by atoms with Gasteiger partial charge in [0, 0.05) is 12.6 Å². The first-order chi connectivity index (χ1) is 10.3. The van der Waals surface area contributed by atoms with Crippen LogP contribution in [-0.4, -0.2) is 19.0 Å². The summed E-state index contributed by atoms with van der Waals surface area (Å²) in [6.07, 6.45) is 0.865. The summed E-state index contributed by atoms with van der Waals surface area (Å²) in [5.74, 6) is 0.0338. The number of nitrogens with one attached hydrogen (secondary N) is 2. The number of carbonyl (C=O) groups is 1. The van der Waals surface area contributed by atoms with Gasteiger partial charge in [-0.05, 0) is 24.5 Å². The summed E-state index contributed by atoms with van der Waals surface area (Å²) in [5, 5.41) is 6.17. The molecule has 0 saturated heterocycles. The van der Waals surface area contributed by atoms with Crippen LogP contribution in [0.25, 0.3) is 0 Å². The smallest absolute Gasteiger partial charge is 0.233 e. The predicted octanol–water partition coefficient (Wildman–Crippen LogP) is 2.70. The first-order valence-electron chi connectivity index (χ1n) is 7.38. The average Bonchev–Trinajstić information content (AvgIpc) is 2.53. The number of hydrogen-bond acceptors (Lipinski definition) is 2. The van der Waals surface area contributed by atoms with Gasteiger partial charge in [0.25, 0.3) is 0 Å². The predicted molar refractivity (Wildman–Crippen MR) is 86.0 cm³/mol. The van der Waals surface area contributed by atoms with Crippen LogP contribution < -0.4 is 10.6 Å². The van der Waals surface area contributed by atoms with Gasteiger partial charge in [-0.1, -0.05) is 60.7 Å². The van der Waals surface area contributed by atoms with E-state index in [-0.39, 0.29) is 11.9 Å². The Balaban J connectivity index is 2.06. The molecule has 2 aromatic rings. The number of hydrogen-bond donors (Lipinski definition) is 2. The summed E-state index contributed by atoms with van der Waals surface area (Å²) in [6, 6.07) is 20.7. The molecule has 2 N–H and O–H groups in total. The minimum absolute atomic E-state index is 0.0338. The van der Waals surface area contributed by atoms with Crippen LogP contribution in [0, 0.1) is 0 Å². The van der Waals surface area contributed by atoms with Gasteiger partial charge in [0.2, 0.25) is 5.91 Å². The molecule has 0 aromatic heterocycles. The molecule has 3 nitrogen and oxygen atoms in total. The van der Waals surface area contributed by atoms with Crippen molar-refractivity contribution in [2.24, 2.45) is 0 Å². The van der Waals surface area contributed by atoms with Crippen LogP contribution in [-0.2, 0) is 11.2 Å². The number of carbonyl (C=O) groups excluding carboxylic acids is 1. The highest BCUT2D eigenvalue weighted by atomic mass is 16.1. The number of amides is 1. The highest BCUT2D eigenvalue weighted by molar-refractivity contribution is 5.77. The molecule has 0 aliphatic carbocycles. The van der Waals surface area contributed by atoms with E-state index in [1.54, 1.807) is 0 Å². The molecule has 0 saturated carbocycles. The number of rotatable bonds is 7. The highest BCUT2D eigenvalue weighted by Gasteiger charge is 2.13. The largest absolute Gasteiger partial charge is 0.355 e. The summed E-state index contributed by atoms with van der Waals surface area (Å²) in [7, 11) is 0. The zero-order valence-corrected chi connectivity index (χ0v) is 12.4. The Morgan fingerprint density at radius 3 is 2.24 bits per heavy atom. The van der Waals surface area contributed by atoms with E-state index in [0.29, 0.717) is 13.1 Å². The summed E-state index contributed by atoms with van der Waals surface area (Å²) in [4.78, 5) is 11.7. The fraction of sp³-hybridized carbons (Fsp3) is 0.278. The van der Waals surface area contributed by atoms with Crippen molar-refractivity contribution in [1.82, 2.24) is 10.6 Å². The quantitative estimate of drug-likeness (QED) is 0.820. The fourth-order valence-corrected chi connectivity index (χ4v) is 2.32. The van der Waals surface area contributed by atoms with Gasteiger partial charge in [0.05, 0.1) is 6.54 Å². The number of likely N-dealkylation sites (N-methyl/N-ethyl adjacent to an activating group) is 1. The molecule has 0 aliphatic heterocycles. The van der Waals surface area contributed by atoms with Crippen molar-refractivity contribution in [2.75, 3.05) is 13.1 Å². The Labute approximate surface area is 126 Å². The molecule has 0 fully saturated rings. The molecule has 3 heteroatoms. The van der Waals surface area contributed by atoms with Crippen LogP contribution in [0.5, 0.6) is 0 Å². The maximum absolute atomic E-state index is 11.7. The Hall–Kier alpha value is -2.13. The van der Waals surface area contributed by atoms with E-state index in [2.05, 4.69) is 34.9 Å². The first-order valence-corrected chi connectivity index (χ1v) is 7.38. The van der Waals surface area contributed by atoms with Gasteiger partial charge in [-0.15, -0.1) is 0 Å². The van der Waals surface area contributed by atoms with Crippen molar-refractivity contribution in [2.45, 2.75) is 19.4 Å². The van der Waals surface area contributed by atoms with Crippen LogP contribution in [0.2, 0.25) is 0 Å². The maximum Gasteiger partial charge on any atom is 0.233 e. The molecular formula is C18H22N2O. The molecule has 1 atom stereocenters. The van der Waals surface area contributed by atoms with Crippen LogP contribution >= 0.6 is 0 Å². The van der Waals surface area contributed by atoms with Crippen molar-refractivity contribution in [3.05, 3.63) is 71.8 Å². The van der Waals surface area contributed by atoms with E-state index in [0.717, 1.165) is 6.42 Å². The second-order valence-electron chi connectivity index (χ2n) is 4.99. The van der Waals surface area contributed by atoms with Crippen molar-refractivity contribution in [3.8, 4) is 0 Å². The molecule has 21 heavy (non-hydrogen) atoms. The zero-order valence-electron chi connectivity index (χ0n) is 12.4. The van der Waals surface area contributed by atoms with Gasteiger partial charge in [0.1, 0.15) is 0 Å². The van der Waals surface area contributed by atoms with Crippen molar-refractivity contribution >= 4 is 5.91 Å². The van der Waals surface area contributed by atoms with Crippen LogP contribution in [0.3, 0.4) is 0 Å². The van der Waals surface area contributed by atoms with E-state index in [1.165, 1.54) is 11.1 Å². The van der Waals surface area contributed by atoms with Gasteiger partial charge < -0.3 is 10.6 Å². The van der Waals surface area contributed by atoms with Crippen molar-refractivity contribution < 1.29 is 4.79 Å². The van der Waals surface area contributed by atoms with Gasteiger partial charge in [-0.2, -0.15) is 0 Å². The van der Waals surface area contributed by atoms with Crippen LogP contribution in [0.15, 0.2) is 60.7 Å². The average molecular weight is 282 g/mol. The topological polar surface area (TPSA) is 41.1 Å². The molecule has 1 amide bonds. The molecule has 110 valence electrons. The zero-order chi connectivity index (χ0) is 14.9. The van der Waals surface area contributed by atoms with Crippen molar-refractivity contribution in [3.63, 3.8) is 0 Å². The van der Waals surface area contributed by atoms with E-state index in [4.69, 9.17) is 0 Å². The molecule has 0 radical (unpaired) electrons. The monoisotopic (exact) mass is 282 g/mol. The van der Waals surface area contributed by atoms with Gasteiger partial charge in [0.15, 0.2) is 0 Å². The second kappa shape index (κ2) is 8.22. The molecular weight excluding hydrogens is 260 g/mol. The molecule has 0 bridgehead atoms. The minimum Gasteiger partial charge on any atom is -0.355 e. The summed E-state index contributed by atoms with van der Waals surface area (Å²) < 4.78 is 0. The maximum atomic E-state index is 11.7. The van der Waals surface area contributed by atoms with Crippen molar-refractivity contribution in [1.29, 1.82) is 0 Å². The third kappa shape index (κ3) is 5.04. The van der Waals surface area contributed by atoms with Gasteiger partial charge in [-0.25, -0.2) is 0 Å². The minimum atomic E-state index is 0.0338. The molecule has 0 aliphatic rings. The fourth-order valence-electron chi connectivity index (χ4n) is 2.32. The lowest BCUT2D eigenvalue weighted by molar-refractivity contribution is -0.120.